The molecular weight excluding hydrogens is 344 g/mol. The minimum absolute atomic E-state index is 0.172. The predicted octanol–water partition coefficient (Wildman–Crippen LogP) is 2.39. The van der Waals surface area contributed by atoms with E-state index in [0.717, 1.165) is 11.8 Å². The molecule has 2 aromatic carbocycles. The Hall–Kier alpha value is -2.74. The number of methoxy groups -OCH3 is 1. The molecule has 25 heavy (non-hydrogen) atoms. The zero-order valence-corrected chi connectivity index (χ0v) is 15.0. The maximum Gasteiger partial charge on any atom is 0.262 e. The van der Waals surface area contributed by atoms with Crippen molar-refractivity contribution in [3.05, 3.63) is 48.0 Å². The van der Waals surface area contributed by atoms with Crippen LogP contribution < -0.4 is 19.5 Å². The fraction of sp³-hybridized carbons (Fsp3) is 0.235. The fourth-order valence-electron chi connectivity index (χ4n) is 2.03. The first-order valence-electron chi connectivity index (χ1n) is 7.42. The largest absolute Gasteiger partial charge is 0.497 e. The first-order valence-corrected chi connectivity index (χ1v) is 9.31. The van der Waals surface area contributed by atoms with Gasteiger partial charge in [-0.1, -0.05) is 6.07 Å². The van der Waals surface area contributed by atoms with Gasteiger partial charge in [0.25, 0.3) is 5.91 Å². The fourth-order valence-corrected chi connectivity index (χ4v) is 2.65. The predicted molar refractivity (Wildman–Crippen MR) is 96.8 cm³/mol. The van der Waals surface area contributed by atoms with Crippen LogP contribution in [0.2, 0.25) is 0 Å². The van der Waals surface area contributed by atoms with Crippen LogP contribution in [-0.4, -0.2) is 34.3 Å². The zero-order chi connectivity index (χ0) is 18.4. The third-order valence-corrected chi connectivity index (χ3v) is 3.84. The molecule has 1 amide bonds. The van der Waals surface area contributed by atoms with Crippen LogP contribution in [0.5, 0.6) is 11.5 Å². The summed E-state index contributed by atoms with van der Waals surface area (Å²) in [6, 6.07) is 11.8. The van der Waals surface area contributed by atoms with Crippen LogP contribution in [0.4, 0.5) is 11.4 Å². The Bertz CT molecular complexity index is 848. The van der Waals surface area contributed by atoms with Gasteiger partial charge in [0.05, 0.1) is 19.1 Å². The number of hydrogen-bond acceptors (Lipinski definition) is 5. The molecule has 0 atom stereocenters. The summed E-state index contributed by atoms with van der Waals surface area (Å²) in [4.78, 5) is 12.0. The second-order valence-electron chi connectivity index (χ2n) is 5.42. The molecule has 0 aliphatic carbocycles. The first-order chi connectivity index (χ1) is 11.8. The minimum Gasteiger partial charge on any atom is -0.497 e. The second kappa shape index (κ2) is 7.89. The van der Waals surface area contributed by atoms with Crippen molar-refractivity contribution in [2.24, 2.45) is 0 Å². The molecule has 2 N–H and O–H groups in total. The topological polar surface area (TPSA) is 93.7 Å². The monoisotopic (exact) mass is 364 g/mol. The Balaban J connectivity index is 1.96. The van der Waals surface area contributed by atoms with Gasteiger partial charge in [-0.15, -0.1) is 0 Å². The van der Waals surface area contributed by atoms with Crippen LogP contribution in [0.3, 0.4) is 0 Å². The normalized spacial score (nSPS) is 10.8. The Kier molecular flexibility index (Phi) is 5.87. The maximum atomic E-state index is 12.0. The average molecular weight is 364 g/mol. The van der Waals surface area contributed by atoms with E-state index >= 15 is 0 Å². The van der Waals surface area contributed by atoms with Crippen LogP contribution in [-0.2, 0) is 14.8 Å². The van der Waals surface area contributed by atoms with Crippen molar-refractivity contribution in [3.8, 4) is 11.5 Å². The SMILES string of the molecule is COc1ccc(OCC(=O)Nc2ccc(C)c(NS(C)(=O)=O)c2)cc1. The lowest BCUT2D eigenvalue weighted by molar-refractivity contribution is -0.118. The first kappa shape index (κ1) is 18.6. The Morgan fingerprint density at radius 1 is 1.08 bits per heavy atom. The number of nitrogens with one attached hydrogen (secondary N) is 2. The number of anilines is 2. The van der Waals surface area contributed by atoms with Crippen molar-refractivity contribution in [3.63, 3.8) is 0 Å². The van der Waals surface area contributed by atoms with Crippen LogP contribution in [0.25, 0.3) is 0 Å². The van der Waals surface area contributed by atoms with E-state index in [9.17, 15) is 13.2 Å². The van der Waals surface area contributed by atoms with E-state index in [1.807, 2.05) is 0 Å². The Labute approximate surface area is 147 Å². The molecule has 0 aromatic heterocycles. The summed E-state index contributed by atoms with van der Waals surface area (Å²) in [5.41, 5.74) is 1.63. The van der Waals surface area contributed by atoms with Gasteiger partial charge in [0.1, 0.15) is 11.5 Å². The molecule has 0 saturated heterocycles. The van der Waals surface area contributed by atoms with Gasteiger partial charge in [0, 0.05) is 5.69 Å². The highest BCUT2D eigenvalue weighted by Crippen LogP contribution is 2.21. The molecule has 0 aliphatic rings. The highest BCUT2D eigenvalue weighted by molar-refractivity contribution is 7.92. The average Bonchev–Trinajstić information content (AvgIpc) is 2.55. The summed E-state index contributed by atoms with van der Waals surface area (Å²) in [7, 11) is -1.83. The van der Waals surface area contributed by atoms with Gasteiger partial charge < -0.3 is 14.8 Å². The number of rotatable bonds is 7. The molecule has 2 rings (SSSR count). The second-order valence-corrected chi connectivity index (χ2v) is 7.16. The van der Waals surface area contributed by atoms with Crippen LogP contribution >= 0.6 is 0 Å². The van der Waals surface area contributed by atoms with Gasteiger partial charge in [0.15, 0.2) is 6.61 Å². The number of ether oxygens (including phenoxy) is 2. The molecular formula is C17H20N2O5S. The third-order valence-electron chi connectivity index (χ3n) is 3.25. The molecule has 0 spiro atoms. The van der Waals surface area contributed by atoms with Gasteiger partial charge in [-0.25, -0.2) is 8.42 Å². The van der Waals surface area contributed by atoms with E-state index in [0.29, 0.717) is 22.9 Å². The van der Waals surface area contributed by atoms with Crippen LogP contribution in [0, 0.1) is 6.92 Å². The summed E-state index contributed by atoms with van der Waals surface area (Å²) in [6.07, 6.45) is 1.07. The van der Waals surface area contributed by atoms with Crippen molar-refractivity contribution < 1.29 is 22.7 Å². The van der Waals surface area contributed by atoms with Crippen molar-refractivity contribution in [1.29, 1.82) is 0 Å². The molecule has 0 unspecified atom stereocenters. The number of carbonyl (C=O) groups is 1. The Morgan fingerprint density at radius 3 is 2.32 bits per heavy atom. The van der Waals surface area contributed by atoms with Crippen LogP contribution in [0.15, 0.2) is 42.5 Å². The van der Waals surface area contributed by atoms with E-state index in [2.05, 4.69) is 10.0 Å². The highest BCUT2D eigenvalue weighted by Gasteiger charge is 2.09. The lowest BCUT2D eigenvalue weighted by Gasteiger charge is -2.12. The number of hydrogen-bond donors (Lipinski definition) is 2. The molecule has 0 aliphatic heterocycles. The van der Waals surface area contributed by atoms with Gasteiger partial charge in [-0.2, -0.15) is 0 Å². The van der Waals surface area contributed by atoms with Crippen molar-refractivity contribution >= 4 is 27.3 Å². The summed E-state index contributed by atoms with van der Waals surface area (Å²) in [5.74, 6) is 0.881. The van der Waals surface area contributed by atoms with Crippen LogP contribution in [0.1, 0.15) is 5.56 Å². The van der Waals surface area contributed by atoms with E-state index in [1.165, 1.54) is 0 Å². The molecule has 8 heteroatoms. The van der Waals surface area contributed by atoms with Gasteiger partial charge in [-0.05, 0) is 48.9 Å². The molecule has 0 heterocycles. The lowest BCUT2D eigenvalue weighted by atomic mass is 10.2. The molecule has 2 aromatic rings. The van der Waals surface area contributed by atoms with E-state index in [1.54, 1.807) is 56.5 Å². The smallest absolute Gasteiger partial charge is 0.262 e. The van der Waals surface area contributed by atoms with Gasteiger partial charge in [0.2, 0.25) is 10.0 Å². The molecule has 134 valence electrons. The molecule has 7 nitrogen and oxygen atoms in total. The summed E-state index contributed by atoms with van der Waals surface area (Å²) in [6.45, 7) is 1.60. The van der Waals surface area contributed by atoms with Gasteiger partial charge >= 0.3 is 0 Å². The summed E-state index contributed by atoms with van der Waals surface area (Å²) >= 11 is 0. The summed E-state index contributed by atoms with van der Waals surface area (Å²) in [5, 5.41) is 2.66. The van der Waals surface area contributed by atoms with E-state index < -0.39 is 10.0 Å². The zero-order valence-electron chi connectivity index (χ0n) is 14.2. The molecule has 0 fully saturated rings. The number of carbonyl (C=O) groups excluding carboxylic acids is 1. The molecule has 0 radical (unpaired) electrons. The van der Waals surface area contributed by atoms with Crippen molar-refractivity contribution in [2.75, 3.05) is 30.0 Å². The standard InChI is InChI=1S/C17H20N2O5S/c1-12-4-5-13(10-16(12)19-25(3,21)22)18-17(20)11-24-15-8-6-14(23-2)7-9-15/h4-10,19H,11H2,1-3H3,(H,18,20). The molecule has 0 bridgehead atoms. The number of sulfonamides is 1. The quantitative estimate of drug-likeness (QED) is 0.787. The number of amides is 1. The van der Waals surface area contributed by atoms with Gasteiger partial charge in [-0.3, -0.25) is 9.52 Å². The number of aryl methyl sites for hydroxylation is 1. The Morgan fingerprint density at radius 2 is 1.72 bits per heavy atom. The molecule has 0 saturated carbocycles. The van der Waals surface area contributed by atoms with E-state index in [-0.39, 0.29) is 12.5 Å². The maximum absolute atomic E-state index is 12.0. The highest BCUT2D eigenvalue weighted by atomic mass is 32.2. The minimum atomic E-state index is -3.39. The lowest BCUT2D eigenvalue weighted by Crippen LogP contribution is -2.20. The van der Waals surface area contributed by atoms with E-state index in [4.69, 9.17) is 9.47 Å². The number of benzene rings is 2. The van der Waals surface area contributed by atoms with Crippen molar-refractivity contribution in [1.82, 2.24) is 0 Å². The third kappa shape index (κ3) is 6.00. The van der Waals surface area contributed by atoms with Crippen molar-refractivity contribution in [2.45, 2.75) is 6.92 Å². The summed E-state index contributed by atoms with van der Waals surface area (Å²) < 4.78 is 35.6.